The van der Waals surface area contributed by atoms with E-state index in [0.29, 0.717) is 5.75 Å². The summed E-state index contributed by atoms with van der Waals surface area (Å²) in [4.78, 5) is 0.138. The number of ether oxygens (including phenoxy) is 1. The Labute approximate surface area is 123 Å². The van der Waals surface area contributed by atoms with Crippen LogP contribution in [0.25, 0.3) is 0 Å². The molecule has 6 heteroatoms. The molecule has 0 aliphatic rings. The molecule has 0 aromatic heterocycles. The Morgan fingerprint density at radius 3 is 2.48 bits per heavy atom. The van der Waals surface area contributed by atoms with Crippen LogP contribution in [-0.4, -0.2) is 14.7 Å². The third kappa shape index (κ3) is 3.59. The van der Waals surface area contributed by atoms with Gasteiger partial charge >= 0.3 is 0 Å². The largest absolute Gasteiger partial charge is 0.457 e. The highest BCUT2D eigenvalue weighted by atomic mass is 32.2. The lowest BCUT2D eigenvalue weighted by Gasteiger charge is -2.14. The Bertz CT molecular complexity index is 757. The van der Waals surface area contributed by atoms with Gasteiger partial charge in [-0.1, -0.05) is 12.1 Å². The molecule has 2 rings (SSSR count). The van der Waals surface area contributed by atoms with Crippen molar-refractivity contribution in [1.29, 1.82) is 0 Å². The van der Waals surface area contributed by atoms with Crippen LogP contribution < -0.4 is 10.5 Å². The molecule has 2 aromatic rings. The maximum atomic E-state index is 13.8. The summed E-state index contributed by atoms with van der Waals surface area (Å²) in [5, 5.41) is 0. The van der Waals surface area contributed by atoms with Crippen molar-refractivity contribution in [3.8, 4) is 11.5 Å². The van der Waals surface area contributed by atoms with Gasteiger partial charge in [-0.2, -0.15) is 0 Å². The first-order chi connectivity index (χ1) is 9.79. The van der Waals surface area contributed by atoms with Crippen LogP contribution in [0, 0.1) is 5.82 Å². The minimum atomic E-state index is -3.33. The molecule has 2 N–H and O–H groups in total. The SMILES string of the molecule is C[C@@H](N)c1c(F)cccc1Oc1cccc(S(C)(=O)=O)c1. The molecule has 0 aliphatic carbocycles. The van der Waals surface area contributed by atoms with Gasteiger partial charge in [-0.05, 0) is 37.3 Å². The second-order valence-electron chi connectivity index (χ2n) is 4.79. The highest BCUT2D eigenvalue weighted by Gasteiger charge is 2.15. The molecule has 4 nitrogen and oxygen atoms in total. The zero-order chi connectivity index (χ0) is 15.6. The van der Waals surface area contributed by atoms with E-state index in [1.165, 1.54) is 24.3 Å². The highest BCUT2D eigenvalue weighted by molar-refractivity contribution is 7.90. The monoisotopic (exact) mass is 309 g/mol. The number of hydrogen-bond donors (Lipinski definition) is 1. The van der Waals surface area contributed by atoms with Crippen LogP contribution in [-0.2, 0) is 9.84 Å². The molecule has 0 bridgehead atoms. The van der Waals surface area contributed by atoms with E-state index in [-0.39, 0.29) is 16.2 Å². The van der Waals surface area contributed by atoms with E-state index in [2.05, 4.69) is 0 Å². The normalized spacial score (nSPS) is 13.0. The van der Waals surface area contributed by atoms with Crippen LogP contribution in [0.4, 0.5) is 4.39 Å². The van der Waals surface area contributed by atoms with Crippen LogP contribution in [0.3, 0.4) is 0 Å². The van der Waals surface area contributed by atoms with E-state index < -0.39 is 21.7 Å². The molecule has 1 atom stereocenters. The minimum absolute atomic E-state index is 0.138. The average Bonchev–Trinajstić information content (AvgIpc) is 2.37. The van der Waals surface area contributed by atoms with Gasteiger partial charge in [-0.3, -0.25) is 0 Å². The molecular formula is C15H16FNO3S. The molecule has 0 saturated carbocycles. The van der Waals surface area contributed by atoms with Gasteiger partial charge in [0.25, 0.3) is 0 Å². The zero-order valence-electron chi connectivity index (χ0n) is 11.7. The summed E-state index contributed by atoms with van der Waals surface area (Å²) >= 11 is 0. The van der Waals surface area contributed by atoms with Crippen molar-refractivity contribution >= 4 is 9.84 Å². The summed E-state index contributed by atoms with van der Waals surface area (Å²) in [6, 6.07) is 9.90. The first-order valence-electron chi connectivity index (χ1n) is 6.31. The van der Waals surface area contributed by atoms with Gasteiger partial charge in [-0.25, -0.2) is 12.8 Å². The van der Waals surface area contributed by atoms with Gasteiger partial charge in [0.1, 0.15) is 17.3 Å². The summed E-state index contributed by atoms with van der Waals surface area (Å²) in [6.07, 6.45) is 1.11. The third-order valence-corrected chi connectivity index (χ3v) is 4.04. The van der Waals surface area contributed by atoms with Gasteiger partial charge in [0.15, 0.2) is 9.84 Å². The Morgan fingerprint density at radius 2 is 1.86 bits per heavy atom. The fraction of sp³-hybridized carbons (Fsp3) is 0.200. The predicted molar refractivity (Wildman–Crippen MR) is 78.6 cm³/mol. The van der Waals surface area contributed by atoms with Gasteiger partial charge in [0.05, 0.1) is 4.90 Å². The van der Waals surface area contributed by atoms with E-state index in [4.69, 9.17) is 10.5 Å². The molecule has 0 heterocycles. The Morgan fingerprint density at radius 1 is 1.19 bits per heavy atom. The summed E-state index contributed by atoms with van der Waals surface area (Å²) in [5.41, 5.74) is 6.00. The molecule has 0 unspecified atom stereocenters. The highest BCUT2D eigenvalue weighted by Crippen LogP contribution is 2.31. The van der Waals surface area contributed by atoms with Crippen LogP contribution in [0.2, 0.25) is 0 Å². The molecule has 0 saturated heterocycles. The molecule has 21 heavy (non-hydrogen) atoms. The van der Waals surface area contributed by atoms with Crippen molar-refractivity contribution in [3.05, 3.63) is 53.8 Å². The van der Waals surface area contributed by atoms with Gasteiger partial charge in [-0.15, -0.1) is 0 Å². The minimum Gasteiger partial charge on any atom is -0.457 e. The average molecular weight is 309 g/mol. The standard InChI is InChI=1S/C15H16FNO3S/c1-10(17)15-13(16)7-4-8-14(15)20-11-5-3-6-12(9-11)21(2,18)19/h3-10H,17H2,1-2H3/t10-/m1/s1. The fourth-order valence-electron chi connectivity index (χ4n) is 1.94. The summed E-state index contributed by atoms with van der Waals surface area (Å²) in [7, 11) is -3.33. The maximum absolute atomic E-state index is 13.8. The van der Waals surface area contributed by atoms with Crippen molar-refractivity contribution in [2.75, 3.05) is 6.26 Å². The number of sulfone groups is 1. The second kappa shape index (κ2) is 5.83. The lowest BCUT2D eigenvalue weighted by molar-refractivity contribution is 0.459. The van der Waals surface area contributed by atoms with Crippen molar-refractivity contribution < 1.29 is 17.5 Å². The maximum Gasteiger partial charge on any atom is 0.175 e. The number of rotatable bonds is 4. The molecule has 0 aliphatic heterocycles. The smallest absolute Gasteiger partial charge is 0.175 e. The molecule has 112 valence electrons. The molecule has 0 fully saturated rings. The lowest BCUT2D eigenvalue weighted by Crippen LogP contribution is -2.09. The Balaban J connectivity index is 2.42. The van der Waals surface area contributed by atoms with Crippen molar-refractivity contribution in [2.45, 2.75) is 17.9 Å². The van der Waals surface area contributed by atoms with Crippen molar-refractivity contribution in [2.24, 2.45) is 5.73 Å². The van der Waals surface area contributed by atoms with E-state index >= 15 is 0 Å². The lowest BCUT2D eigenvalue weighted by atomic mass is 10.1. The fourth-order valence-corrected chi connectivity index (χ4v) is 2.60. The number of benzene rings is 2. The topological polar surface area (TPSA) is 69.4 Å². The molecular weight excluding hydrogens is 293 g/mol. The van der Waals surface area contributed by atoms with Crippen molar-refractivity contribution in [1.82, 2.24) is 0 Å². The van der Waals surface area contributed by atoms with Crippen LogP contribution in [0.1, 0.15) is 18.5 Å². The van der Waals surface area contributed by atoms with E-state index in [1.54, 1.807) is 25.1 Å². The second-order valence-corrected chi connectivity index (χ2v) is 6.81. The molecule has 0 radical (unpaired) electrons. The number of halogens is 1. The van der Waals surface area contributed by atoms with Gasteiger partial charge < -0.3 is 10.5 Å². The van der Waals surface area contributed by atoms with E-state index in [9.17, 15) is 12.8 Å². The zero-order valence-corrected chi connectivity index (χ0v) is 12.5. The first kappa shape index (κ1) is 15.5. The Kier molecular flexibility index (Phi) is 4.29. The number of nitrogens with two attached hydrogens (primary N) is 1. The first-order valence-corrected chi connectivity index (χ1v) is 8.20. The summed E-state index contributed by atoms with van der Waals surface area (Å²) in [5.74, 6) is 0.128. The van der Waals surface area contributed by atoms with Crippen LogP contribution >= 0.6 is 0 Å². The van der Waals surface area contributed by atoms with Gasteiger partial charge in [0.2, 0.25) is 0 Å². The van der Waals surface area contributed by atoms with E-state index in [0.717, 1.165) is 6.26 Å². The molecule has 0 amide bonds. The van der Waals surface area contributed by atoms with Gasteiger partial charge in [0, 0.05) is 17.9 Å². The quantitative estimate of drug-likeness (QED) is 0.942. The number of hydrogen-bond acceptors (Lipinski definition) is 4. The summed E-state index contributed by atoms with van der Waals surface area (Å²) < 4.78 is 42.5. The molecule has 2 aromatic carbocycles. The van der Waals surface area contributed by atoms with Crippen molar-refractivity contribution in [3.63, 3.8) is 0 Å². The third-order valence-electron chi connectivity index (χ3n) is 2.93. The van der Waals surface area contributed by atoms with Crippen LogP contribution in [0.5, 0.6) is 11.5 Å². The van der Waals surface area contributed by atoms with E-state index in [1.807, 2.05) is 0 Å². The van der Waals surface area contributed by atoms with Crippen LogP contribution in [0.15, 0.2) is 47.4 Å². The summed E-state index contributed by atoms with van der Waals surface area (Å²) in [6.45, 7) is 1.65. The Hall–Kier alpha value is -1.92. The molecule has 0 spiro atoms. The predicted octanol–water partition coefficient (Wildman–Crippen LogP) is 3.04.